The van der Waals surface area contributed by atoms with Crippen LogP contribution < -0.4 is 9.47 Å². The Bertz CT molecular complexity index is 1600. The number of ketones is 1. The fourth-order valence-corrected chi connectivity index (χ4v) is 9.37. The largest absolute Gasteiger partial charge is 0.497 e. The Balaban J connectivity index is 1.57. The Hall–Kier alpha value is -2.72. The first-order chi connectivity index (χ1) is 22.8. The molecule has 264 valence electrons. The molecule has 2 bridgehead atoms. The molecule has 2 aromatic carbocycles. The van der Waals surface area contributed by atoms with Crippen LogP contribution in [0, 0.1) is 11.3 Å². The van der Waals surface area contributed by atoms with E-state index in [1.807, 2.05) is 12.1 Å². The van der Waals surface area contributed by atoms with E-state index in [1.54, 1.807) is 32.4 Å². The molecule has 2 saturated carbocycles. The monoisotopic (exact) mass is 681 g/mol. The van der Waals surface area contributed by atoms with Crippen molar-refractivity contribution in [2.24, 2.45) is 11.3 Å². The predicted octanol–water partition coefficient (Wildman–Crippen LogP) is 6.97. The van der Waals surface area contributed by atoms with E-state index < -0.39 is 27.1 Å². The van der Waals surface area contributed by atoms with Crippen LogP contribution in [-0.4, -0.2) is 67.4 Å². The summed E-state index contributed by atoms with van der Waals surface area (Å²) in [5.41, 5.74) is 2.40. The van der Waals surface area contributed by atoms with Gasteiger partial charge in [0.2, 0.25) is 10.0 Å². The van der Waals surface area contributed by atoms with Crippen LogP contribution in [-0.2, 0) is 23.0 Å². The van der Waals surface area contributed by atoms with E-state index in [0.29, 0.717) is 55.6 Å². The van der Waals surface area contributed by atoms with Gasteiger partial charge in [0.25, 0.3) is 0 Å². The lowest BCUT2D eigenvalue weighted by Gasteiger charge is -2.46. The molecule has 0 amide bonds. The van der Waals surface area contributed by atoms with Crippen LogP contribution >= 0.6 is 0 Å². The van der Waals surface area contributed by atoms with Gasteiger partial charge in [-0.05, 0) is 93.9 Å². The number of hydrogen-bond donors (Lipinski definition) is 2. The van der Waals surface area contributed by atoms with Gasteiger partial charge in [0.15, 0.2) is 5.78 Å². The lowest BCUT2D eigenvalue weighted by molar-refractivity contribution is -0.0731. The Morgan fingerprint density at radius 2 is 1.75 bits per heavy atom. The van der Waals surface area contributed by atoms with Crippen molar-refractivity contribution in [1.82, 2.24) is 4.31 Å². The molecule has 2 N–H and O–H groups in total. The minimum Gasteiger partial charge on any atom is -0.497 e. The maximum atomic E-state index is 14.3. The summed E-state index contributed by atoms with van der Waals surface area (Å²) < 4.78 is 39.1. The third kappa shape index (κ3) is 7.85. The molecule has 0 heterocycles. The normalized spacial score (nSPS) is 27.3. The second-order valence-electron chi connectivity index (χ2n) is 14.9. The summed E-state index contributed by atoms with van der Waals surface area (Å²) >= 11 is 0. The molecular weight excluding hydrogens is 626 g/mol. The zero-order valence-corrected chi connectivity index (χ0v) is 30.3. The van der Waals surface area contributed by atoms with Gasteiger partial charge in [-0.3, -0.25) is 4.79 Å². The summed E-state index contributed by atoms with van der Waals surface area (Å²) in [5, 5.41) is 23.7. The van der Waals surface area contributed by atoms with Crippen molar-refractivity contribution in [2.75, 3.05) is 27.0 Å². The SMILES string of the molecule is COc1ccc(CN(C[C@]2(O)CC[C@H]3c4ccc(cc4C(=O)C4CCCCC4)C[C@@H](O)CCC(C)=CCC[C@@]32C)S(C)(=O)=O)c(OC)c1. The number of ether oxygens (including phenoxy) is 2. The van der Waals surface area contributed by atoms with Gasteiger partial charge in [-0.2, -0.15) is 4.31 Å². The zero-order valence-electron chi connectivity index (χ0n) is 29.5. The van der Waals surface area contributed by atoms with Crippen molar-refractivity contribution in [3.8, 4) is 11.5 Å². The Morgan fingerprint density at radius 3 is 2.44 bits per heavy atom. The van der Waals surface area contributed by atoms with Crippen molar-refractivity contribution in [3.63, 3.8) is 0 Å². The van der Waals surface area contributed by atoms with Crippen LogP contribution in [0.1, 0.15) is 117 Å². The van der Waals surface area contributed by atoms with Gasteiger partial charge < -0.3 is 19.7 Å². The number of nitrogens with zero attached hydrogens (tertiary/aromatic N) is 1. The minimum absolute atomic E-state index is 0.0196. The van der Waals surface area contributed by atoms with Gasteiger partial charge in [-0.1, -0.05) is 56.0 Å². The Morgan fingerprint density at radius 1 is 1.00 bits per heavy atom. The summed E-state index contributed by atoms with van der Waals surface area (Å²) in [5.74, 6) is 1.12. The average molecular weight is 682 g/mol. The summed E-state index contributed by atoms with van der Waals surface area (Å²) in [7, 11) is -0.635. The molecule has 0 unspecified atom stereocenters. The van der Waals surface area contributed by atoms with Gasteiger partial charge >= 0.3 is 0 Å². The van der Waals surface area contributed by atoms with Crippen molar-refractivity contribution in [2.45, 2.75) is 115 Å². The second-order valence-corrected chi connectivity index (χ2v) is 16.8. The van der Waals surface area contributed by atoms with Crippen molar-refractivity contribution in [3.05, 3.63) is 70.3 Å². The van der Waals surface area contributed by atoms with Gasteiger partial charge in [0, 0.05) is 41.6 Å². The number of allylic oxidation sites excluding steroid dienone is 2. The summed E-state index contributed by atoms with van der Waals surface area (Å²) in [6.45, 7) is 4.14. The number of sulfonamides is 1. The van der Waals surface area contributed by atoms with E-state index in [0.717, 1.165) is 55.2 Å². The van der Waals surface area contributed by atoms with Gasteiger partial charge in [-0.25, -0.2) is 8.42 Å². The summed E-state index contributed by atoms with van der Waals surface area (Å²) in [6, 6.07) is 11.4. The molecule has 0 radical (unpaired) electrons. The number of benzene rings is 2. The minimum atomic E-state index is -3.75. The van der Waals surface area contributed by atoms with Crippen LogP contribution in [0.5, 0.6) is 11.5 Å². The van der Waals surface area contributed by atoms with E-state index in [9.17, 15) is 23.4 Å². The fraction of sp³-hybridized carbons (Fsp3) is 0.615. The van der Waals surface area contributed by atoms with E-state index in [4.69, 9.17) is 9.47 Å². The first kappa shape index (κ1) is 36.6. The third-order valence-electron chi connectivity index (χ3n) is 11.7. The molecular formula is C39H55NO7S. The highest BCUT2D eigenvalue weighted by atomic mass is 32.2. The molecule has 8 nitrogen and oxygen atoms in total. The molecule has 4 atom stereocenters. The zero-order chi connectivity index (χ0) is 34.7. The van der Waals surface area contributed by atoms with Crippen molar-refractivity contribution < 1.29 is 32.9 Å². The molecule has 0 aromatic heterocycles. The first-order valence-electron chi connectivity index (χ1n) is 17.7. The maximum Gasteiger partial charge on any atom is 0.211 e. The molecule has 0 saturated heterocycles. The van der Waals surface area contributed by atoms with Crippen LogP contribution in [0.15, 0.2) is 48.0 Å². The lowest BCUT2D eigenvalue weighted by Crippen LogP contribution is -2.53. The first-order valence-corrected chi connectivity index (χ1v) is 19.5. The van der Waals surface area contributed by atoms with Crippen LogP contribution in [0.25, 0.3) is 0 Å². The van der Waals surface area contributed by atoms with Gasteiger partial charge in [-0.15, -0.1) is 0 Å². The number of aliphatic hydroxyl groups excluding tert-OH is 1. The van der Waals surface area contributed by atoms with Crippen molar-refractivity contribution >= 4 is 15.8 Å². The van der Waals surface area contributed by atoms with Gasteiger partial charge in [0.1, 0.15) is 11.5 Å². The van der Waals surface area contributed by atoms with E-state index in [-0.39, 0.29) is 30.7 Å². The predicted molar refractivity (Wildman–Crippen MR) is 189 cm³/mol. The number of carbonyl (C=O) groups excluding carboxylic acids is 1. The highest BCUT2D eigenvalue weighted by molar-refractivity contribution is 7.88. The van der Waals surface area contributed by atoms with E-state index in [1.165, 1.54) is 16.1 Å². The Labute approximate surface area is 287 Å². The third-order valence-corrected chi connectivity index (χ3v) is 12.9. The summed E-state index contributed by atoms with van der Waals surface area (Å²) in [4.78, 5) is 14.3. The molecule has 2 fully saturated rings. The topological polar surface area (TPSA) is 113 Å². The average Bonchev–Trinajstić information content (AvgIpc) is 3.32. The Kier molecular flexibility index (Phi) is 11.4. The number of fused-ring (bicyclic) bond motifs is 8. The molecule has 4 aliphatic carbocycles. The number of hydrogen-bond acceptors (Lipinski definition) is 7. The molecule has 48 heavy (non-hydrogen) atoms. The number of methoxy groups -OCH3 is 2. The van der Waals surface area contributed by atoms with Crippen LogP contribution in [0.2, 0.25) is 0 Å². The van der Waals surface area contributed by atoms with E-state index >= 15 is 0 Å². The number of carbonyl (C=O) groups is 1. The smallest absolute Gasteiger partial charge is 0.211 e. The summed E-state index contributed by atoms with van der Waals surface area (Å²) in [6.07, 6.45) is 12.2. The molecule has 9 heteroatoms. The molecule has 6 rings (SSSR count). The number of aliphatic hydroxyl groups is 2. The van der Waals surface area contributed by atoms with E-state index in [2.05, 4.69) is 26.0 Å². The molecule has 0 aliphatic heterocycles. The number of Topliss-reactive ketones (excluding diaryl/α,β-unsaturated/α-hetero) is 1. The van der Waals surface area contributed by atoms with Crippen LogP contribution in [0.4, 0.5) is 0 Å². The van der Waals surface area contributed by atoms with Crippen LogP contribution in [0.3, 0.4) is 0 Å². The number of rotatable bonds is 9. The van der Waals surface area contributed by atoms with Crippen molar-refractivity contribution in [1.29, 1.82) is 0 Å². The maximum absolute atomic E-state index is 14.3. The fourth-order valence-electron chi connectivity index (χ4n) is 8.55. The molecule has 2 aromatic rings. The lowest BCUT2D eigenvalue weighted by atomic mass is 9.64. The second kappa shape index (κ2) is 15.0. The highest BCUT2D eigenvalue weighted by Crippen LogP contribution is 2.59. The van der Waals surface area contributed by atoms with Gasteiger partial charge in [0.05, 0.1) is 32.2 Å². The highest BCUT2D eigenvalue weighted by Gasteiger charge is 2.58. The standard InChI is InChI=1S/C39H55NO7S/c1-27-10-9-20-38(2)35(33-18-14-28(22-31(41)16-13-27)23-34(33)37(42)29-11-7-6-8-12-29)19-21-39(38,43)26-40(48(5,44)45)25-30-15-17-32(46-3)24-36(30)47-4/h10,14-15,17-18,23-24,29,31,35,41,43H,6-9,11-13,16,19-22,25-26H2,1-5H3/t31-,35-,38-,39+/m0/s1. The molecule has 0 spiro atoms. The quantitative estimate of drug-likeness (QED) is 0.217. The molecule has 4 aliphatic rings.